The van der Waals surface area contributed by atoms with Crippen LogP contribution in [0, 0.1) is 0 Å². The summed E-state index contributed by atoms with van der Waals surface area (Å²) >= 11 is 0. The van der Waals surface area contributed by atoms with Crippen LogP contribution >= 0.6 is 0 Å². The summed E-state index contributed by atoms with van der Waals surface area (Å²) < 4.78 is 28.9. The third-order valence-electron chi connectivity index (χ3n) is 1.92. The molecule has 0 bridgehead atoms. The van der Waals surface area contributed by atoms with Gasteiger partial charge in [0.15, 0.2) is 0 Å². The lowest BCUT2D eigenvalue weighted by atomic mass is 10.2. The lowest BCUT2D eigenvalue weighted by molar-refractivity contribution is 0.494. The molecule has 0 fully saturated rings. The van der Waals surface area contributed by atoms with Crippen molar-refractivity contribution < 1.29 is 13.0 Å². The van der Waals surface area contributed by atoms with Gasteiger partial charge in [0, 0.05) is 0 Å². The maximum absolute atomic E-state index is 10.3. The number of nitrogens with zero attached hydrogens (tertiary/aromatic N) is 3. The predicted octanol–water partition coefficient (Wildman–Crippen LogP) is 0.163. The molecule has 0 aliphatic heterocycles. The van der Waals surface area contributed by atoms with Gasteiger partial charge in [0.05, 0.1) is 5.41 Å². The average molecular weight is 310 g/mol. The quantitative estimate of drug-likeness (QED) is 0.564. The molecule has 0 saturated heterocycles. The summed E-state index contributed by atoms with van der Waals surface area (Å²) in [6.45, 7) is 0. The first-order valence-corrected chi connectivity index (χ1v) is 7.00. The van der Waals surface area contributed by atoms with E-state index in [2.05, 4.69) is 15.0 Å². The van der Waals surface area contributed by atoms with Crippen molar-refractivity contribution in [3.63, 3.8) is 0 Å². The summed E-state index contributed by atoms with van der Waals surface area (Å²) in [6.07, 6.45) is 1.33. The first-order chi connectivity index (χ1) is 9.76. The number of rotatable bonds is 2. The number of nitrogens with two attached hydrogens (primary N) is 3. The average Bonchev–Trinajstić information content (AvgIpc) is 2.36. The summed E-state index contributed by atoms with van der Waals surface area (Å²) in [5, 5.41) is 0.752. The number of hydrogen-bond donors (Lipinski definition) is 4. The third kappa shape index (κ3) is 7.44. The molecule has 2 aromatic rings. The maximum Gasteiger partial charge on any atom is 0.287 e. The zero-order valence-electron chi connectivity index (χ0n) is 10.8. The van der Waals surface area contributed by atoms with Gasteiger partial charge in [-0.2, -0.15) is 23.4 Å². The Hall–Kier alpha value is -2.72. The molecule has 0 radical (unpaired) electrons. The molecule has 0 aliphatic carbocycles. The normalized spacial score (nSPS) is 10.9. The van der Waals surface area contributed by atoms with Gasteiger partial charge in [-0.15, -0.1) is 0 Å². The van der Waals surface area contributed by atoms with Crippen LogP contribution in [0.15, 0.2) is 35.7 Å². The van der Waals surface area contributed by atoms with E-state index >= 15 is 0 Å². The number of hydrogen-bond acceptors (Lipinski definition) is 8. The van der Waals surface area contributed by atoms with Crippen LogP contribution in [-0.4, -0.2) is 27.9 Å². The van der Waals surface area contributed by atoms with Gasteiger partial charge in [0.2, 0.25) is 17.8 Å². The van der Waals surface area contributed by atoms with Crippen LogP contribution in [0.1, 0.15) is 5.56 Å². The molecule has 1 aromatic carbocycles. The number of nitrogen functional groups attached to an aromatic ring is 3. The Morgan fingerprint density at radius 3 is 1.71 bits per heavy atom. The molecular formula is C11H14N6O3S. The largest absolute Gasteiger partial charge is 0.368 e. The fourth-order valence-electron chi connectivity index (χ4n) is 1.16. The van der Waals surface area contributed by atoms with Crippen LogP contribution < -0.4 is 17.2 Å². The van der Waals surface area contributed by atoms with Crippen LogP contribution in [-0.2, 0) is 10.1 Å². The highest BCUT2D eigenvalue weighted by molar-refractivity contribution is 7.88. The van der Waals surface area contributed by atoms with Crippen molar-refractivity contribution in [3.8, 4) is 0 Å². The molecule has 0 amide bonds. The highest BCUT2D eigenvalue weighted by Crippen LogP contribution is 2.02. The van der Waals surface area contributed by atoms with Crippen LogP contribution in [0.4, 0.5) is 17.8 Å². The molecule has 1 aromatic heterocycles. The number of benzene rings is 1. The molecule has 112 valence electrons. The van der Waals surface area contributed by atoms with Gasteiger partial charge >= 0.3 is 0 Å². The van der Waals surface area contributed by atoms with Crippen LogP contribution in [0.2, 0.25) is 0 Å². The summed E-state index contributed by atoms with van der Waals surface area (Å²) in [5.74, 6) is 0.125. The van der Waals surface area contributed by atoms with Crippen molar-refractivity contribution in [2.45, 2.75) is 0 Å². The van der Waals surface area contributed by atoms with Crippen molar-refractivity contribution in [2.24, 2.45) is 0 Å². The monoisotopic (exact) mass is 310 g/mol. The van der Waals surface area contributed by atoms with Gasteiger partial charge in [-0.1, -0.05) is 30.3 Å². The Bertz CT molecular complexity index is 668. The topological polar surface area (TPSA) is 171 Å². The van der Waals surface area contributed by atoms with E-state index in [0.29, 0.717) is 0 Å². The molecule has 21 heavy (non-hydrogen) atoms. The second-order valence-corrected chi connectivity index (χ2v) is 4.94. The molecule has 9 nitrogen and oxygen atoms in total. The van der Waals surface area contributed by atoms with Crippen LogP contribution in [0.5, 0.6) is 0 Å². The van der Waals surface area contributed by atoms with Crippen molar-refractivity contribution in [1.82, 2.24) is 15.0 Å². The zero-order chi connectivity index (χ0) is 15.9. The van der Waals surface area contributed by atoms with E-state index in [9.17, 15) is 8.42 Å². The molecular weight excluding hydrogens is 296 g/mol. The van der Waals surface area contributed by atoms with Crippen LogP contribution in [0.3, 0.4) is 0 Å². The molecule has 0 spiro atoms. The minimum absolute atomic E-state index is 0.0417. The van der Waals surface area contributed by atoms with Crippen molar-refractivity contribution in [3.05, 3.63) is 41.3 Å². The SMILES string of the molecule is Nc1nc(N)nc(N)n1.O=S(=O)(O)C=Cc1ccccc1. The molecule has 7 N–H and O–H groups in total. The zero-order valence-corrected chi connectivity index (χ0v) is 11.6. The minimum atomic E-state index is -4.00. The lowest BCUT2D eigenvalue weighted by Gasteiger charge is -1.93. The molecule has 0 atom stereocenters. The number of aromatic nitrogens is 3. The molecule has 2 rings (SSSR count). The van der Waals surface area contributed by atoms with Crippen molar-refractivity contribution in [1.29, 1.82) is 0 Å². The standard InChI is InChI=1S/C8H8O3S.C3H6N6/c9-12(10,11)7-6-8-4-2-1-3-5-8;4-1-7-2(5)9-3(6)8-1/h1-7H,(H,9,10,11);(H6,4,5,6,7,8,9). The van der Waals surface area contributed by atoms with E-state index in [-0.39, 0.29) is 17.8 Å². The van der Waals surface area contributed by atoms with E-state index < -0.39 is 10.1 Å². The van der Waals surface area contributed by atoms with Crippen molar-refractivity contribution >= 4 is 34.0 Å². The summed E-state index contributed by atoms with van der Waals surface area (Å²) in [5.41, 5.74) is 16.1. The van der Waals surface area contributed by atoms with E-state index in [4.69, 9.17) is 21.8 Å². The number of anilines is 3. The van der Waals surface area contributed by atoms with Gasteiger partial charge in [-0.25, -0.2) is 0 Å². The lowest BCUT2D eigenvalue weighted by Crippen LogP contribution is -2.05. The smallest absolute Gasteiger partial charge is 0.287 e. The first-order valence-electron chi connectivity index (χ1n) is 5.49. The molecule has 0 saturated carbocycles. The summed E-state index contributed by atoms with van der Waals surface area (Å²) in [7, 11) is -4.00. The molecule has 0 unspecified atom stereocenters. The second kappa shape index (κ2) is 7.17. The Morgan fingerprint density at radius 2 is 1.33 bits per heavy atom. The highest BCUT2D eigenvalue weighted by atomic mass is 32.2. The Kier molecular flexibility index (Phi) is 5.57. The van der Waals surface area contributed by atoms with Gasteiger partial charge < -0.3 is 17.2 Å². The summed E-state index contributed by atoms with van der Waals surface area (Å²) in [6, 6.07) is 8.86. The fourth-order valence-corrected chi connectivity index (χ4v) is 1.48. The van der Waals surface area contributed by atoms with E-state index in [1.54, 1.807) is 24.3 Å². The predicted molar refractivity (Wildman–Crippen MR) is 80.1 cm³/mol. The van der Waals surface area contributed by atoms with E-state index in [1.165, 1.54) is 6.08 Å². The van der Waals surface area contributed by atoms with Gasteiger partial charge in [0.1, 0.15) is 0 Å². The van der Waals surface area contributed by atoms with Crippen molar-refractivity contribution in [2.75, 3.05) is 17.2 Å². The minimum Gasteiger partial charge on any atom is -0.368 e. The Morgan fingerprint density at radius 1 is 0.905 bits per heavy atom. The fraction of sp³-hybridized carbons (Fsp3) is 0. The third-order valence-corrected chi connectivity index (χ3v) is 2.40. The highest BCUT2D eigenvalue weighted by Gasteiger charge is 1.94. The van der Waals surface area contributed by atoms with Crippen LogP contribution in [0.25, 0.3) is 6.08 Å². The molecule has 1 heterocycles. The van der Waals surface area contributed by atoms with Gasteiger partial charge in [-0.05, 0) is 11.6 Å². The Balaban J connectivity index is 0.000000219. The second-order valence-electron chi connectivity index (χ2n) is 3.64. The Labute approximate surface area is 121 Å². The maximum atomic E-state index is 10.3. The van der Waals surface area contributed by atoms with Gasteiger partial charge in [-0.3, -0.25) is 4.55 Å². The van der Waals surface area contributed by atoms with Gasteiger partial charge in [0.25, 0.3) is 10.1 Å². The summed E-state index contributed by atoms with van der Waals surface area (Å²) in [4.78, 5) is 10.5. The van der Waals surface area contributed by atoms with E-state index in [0.717, 1.165) is 11.0 Å². The van der Waals surface area contributed by atoms with E-state index in [1.807, 2.05) is 6.07 Å². The first kappa shape index (κ1) is 16.3. The molecule has 0 aliphatic rings. The molecule has 10 heteroatoms.